The molecular weight excluding hydrogens is 468 g/mol. The Hall–Kier alpha value is -2.59. The van der Waals surface area contributed by atoms with Crippen LogP contribution in [0.2, 0.25) is 0 Å². The van der Waals surface area contributed by atoms with Gasteiger partial charge in [0, 0.05) is 55.3 Å². The molecule has 178 valence electrons. The van der Waals surface area contributed by atoms with Crippen molar-refractivity contribution >= 4 is 27.3 Å². The number of thiazole rings is 1. The monoisotopic (exact) mass is 496 g/mol. The van der Waals surface area contributed by atoms with Crippen LogP contribution in [0, 0.1) is 6.92 Å². The Morgan fingerprint density at radius 1 is 1.09 bits per heavy atom. The van der Waals surface area contributed by atoms with Crippen molar-refractivity contribution in [2.45, 2.75) is 37.2 Å². The van der Waals surface area contributed by atoms with E-state index in [0.717, 1.165) is 54.3 Å². The van der Waals surface area contributed by atoms with Crippen molar-refractivity contribution in [3.63, 3.8) is 0 Å². The molecule has 1 aliphatic heterocycles. The highest BCUT2D eigenvalue weighted by molar-refractivity contribution is 7.89. The van der Waals surface area contributed by atoms with Crippen LogP contribution in [-0.4, -0.2) is 61.3 Å². The lowest BCUT2D eigenvalue weighted by Gasteiger charge is -2.34. The van der Waals surface area contributed by atoms with Crippen molar-refractivity contribution in [3.05, 3.63) is 70.7 Å². The fourth-order valence-electron chi connectivity index (χ4n) is 4.09. The molecule has 1 aliphatic carbocycles. The number of hydrogen-bond donors (Lipinski definition) is 1. The number of nitrogens with zero attached hydrogens (tertiary/aromatic N) is 3. The van der Waals surface area contributed by atoms with Crippen LogP contribution in [0.5, 0.6) is 0 Å². The molecule has 2 aliphatic rings. The Morgan fingerprint density at radius 3 is 2.53 bits per heavy atom. The number of rotatable bonds is 7. The molecule has 1 aromatic heterocycles. The number of aromatic nitrogens is 1. The van der Waals surface area contributed by atoms with Gasteiger partial charge in [0.05, 0.1) is 10.6 Å². The van der Waals surface area contributed by atoms with Gasteiger partial charge in [0.25, 0.3) is 5.91 Å². The van der Waals surface area contributed by atoms with E-state index in [1.807, 2.05) is 30.0 Å². The maximum atomic E-state index is 13.2. The zero-order valence-corrected chi connectivity index (χ0v) is 20.7. The van der Waals surface area contributed by atoms with E-state index >= 15 is 0 Å². The second-order valence-corrected chi connectivity index (χ2v) is 11.5. The van der Waals surface area contributed by atoms with Crippen LogP contribution in [-0.2, 0) is 16.6 Å². The van der Waals surface area contributed by atoms with Crippen LogP contribution in [0.3, 0.4) is 0 Å². The summed E-state index contributed by atoms with van der Waals surface area (Å²) < 4.78 is 27.9. The molecule has 7 nitrogen and oxygen atoms in total. The van der Waals surface area contributed by atoms with E-state index in [4.69, 9.17) is 4.98 Å². The minimum Gasteiger partial charge on any atom is -0.336 e. The van der Waals surface area contributed by atoms with Gasteiger partial charge in [-0.2, -0.15) is 0 Å². The number of piperazine rings is 1. The van der Waals surface area contributed by atoms with Crippen molar-refractivity contribution in [1.29, 1.82) is 0 Å². The van der Waals surface area contributed by atoms with Crippen molar-refractivity contribution in [2.75, 3.05) is 26.2 Å². The van der Waals surface area contributed by atoms with Gasteiger partial charge >= 0.3 is 0 Å². The second-order valence-electron chi connectivity index (χ2n) is 8.95. The van der Waals surface area contributed by atoms with Crippen molar-refractivity contribution in [3.8, 4) is 10.6 Å². The number of aryl methyl sites for hydroxylation is 1. The number of benzene rings is 2. The fourth-order valence-corrected chi connectivity index (χ4v) is 6.24. The second kappa shape index (κ2) is 9.58. The Balaban J connectivity index is 1.21. The lowest BCUT2D eigenvalue weighted by atomic mass is 10.1. The summed E-state index contributed by atoms with van der Waals surface area (Å²) in [5, 5.41) is 3.12. The van der Waals surface area contributed by atoms with Crippen LogP contribution >= 0.6 is 11.3 Å². The largest absolute Gasteiger partial charge is 0.336 e. The molecule has 1 saturated heterocycles. The first-order valence-corrected chi connectivity index (χ1v) is 13.9. The van der Waals surface area contributed by atoms with Crippen LogP contribution in [0.1, 0.15) is 34.5 Å². The topological polar surface area (TPSA) is 82.6 Å². The molecule has 2 fully saturated rings. The van der Waals surface area contributed by atoms with Gasteiger partial charge in [-0.1, -0.05) is 36.4 Å². The number of carbonyl (C=O) groups excluding carboxylic acids is 1. The van der Waals surface area contributed by atoms with Gasteiger partial charge in [-0.05, 0) is 37.5 Å². The molecule has 2 aromatic carbocycles. The zero-order chi connectivity index (χ0) is 23.7. The van der Waals surface area contributed by atoms with Gasteiger partial charge < -0.3 is 4.90 Å². The molecule has 0 unspecified atom stereocenters. The first kappa shape index (κ1) is 23.2. The molecule has 0 radical (unpaired) electrons. The van der Waals surface area contributed by atoms with Gasteiger partial charge in [-0.15, -0.1) is 11.3 Å². The minimum atomic E-state index is -3.60. The van der Waals surface area contributed by atoms with Crippen molar-refractivity contribution in [2.24, 2.45) is 0 Å². The van der Waals surface area contributed by atoms with Crippen molar-refractivity contribution < 1.29 is 13.2 Å². The number of hydrogen-bond acceptors (Lipinski definition) is 6. The Labute approximate surface area is 204 Å². The molecule has 9 heteroatoms. The Bertz CT molecular complexity index is 1280. The quantitative estimate of drug-likeness (QED) is 0.541. The van der Waals surface area contributed by atoms with E-state index in [1.54, 1.807) is 23.5 Å². The van der Waals surface area contributed by atoms with Crippen LogP contribution in [0.25, 0.3) is 10.6 Å². The van der Waals surface area contributed by atoms with E-state index in [1.165, 1.54) is 6.07 Å². The SMILES string of the molecule is Cc1ccc(S(=O)(=O)NC2CC2)cc1C(=O)N1CCN(Cc2csc(-c3ccccc3)n2)CC1. The van der Waals surface area contributed by atoms with Gasteiger partial charge in [0.1, 0.15) is 5.01 Å². The van der Waals surface area contributed by atoms with E-state index in [-0.39, 0.29) is 16.8 Å². The standard InChI is InChI=1S/C25H28N4O3S2/c1-18-7-10-22(34(31,32)27-20-8-9-20)15-23(18)25(30)29-13-11-28(12-14-29)16-21-17-33-24(26-21)19-5-3-2-4-6-19/h2-7,10,15,17,20,27H,8-9,11-14,16H2,1H3. The first-order valence-electron chi connectivity index (χ1n) is 11.5. The van der Waals surface area contributed by atoms with E-state index in [2.05, 4.69) is 27.1 Å². The number of nitrogens with one attached hydrogen (secondary N) is 1. The maximum absolute atomic E-state index is 13.2. The van der Waals surface area contributed by atoms with Gasteiger partial charge in [-0.3, -0.25) is 9.69 Å². The normalized spacial score (nSPS) is 17.1. The highest BCUT2D eigenvalue weighted by Gasteiger charge is 2.29. The Kier molecular flexibility index (Phi) is 6.52. The summed E-state index contributed by atoms with van der Waals surface area (Å²) in [7, 11) is -3.60. The zero-order valence-electron chi connectivity index (χ0n) is 19.1. The Morgan fingerprint density at radius 2 is 1.82 bits per heavy atom. The van der Waals surface area contributed by atoms with Crippen LogP contribution < -0.4 is 4.72 Å². The third-order valence-electron chi connectivity index (χ3n) is 6.27. The maximum Gasteiger partial charge on any atom is 0.254 e. The predicted molar refractivity (Wildman–Crippen MR) is 133 cm³/mol. The molecule has 1 N–H and O–H groups in total. The number of amides is 1. The first-order chi connectivity index (χ1) is 16.4. The molecule has 3 aromatic rings. The molecule has 0 bridgehead atoms. The highest BCUT2D eigenvalue weighted by Crippen LogP contribution is 2.25. The lowest BCUT2D eigenvalue weighted by molar-refractivity contribution is 0.0626. The van der Waals surface area contributed by atoms with Crippen LogP contribution in [0.4, 0.5) is 0 Å². The van der Waals surface area contributed by atoms with E-state index < -0.39 is 10.0 Å². The highest BCUT2D eigenvalue weighted by atomic mass is 32.2. The molecule has 34 heavy (non-hydrogen) atoms. The average molecular weight is 497 g/mol. The minimum absolute atomic E-state index is 0.0278. The smallest absolute Gasteiger partial charge is 0.254 e. The summed E-state index contributed by atoms with van der Waals surface area (Å²) in [5.74, 6) is -0.111. The molecule has 5 rings (SSSR count). The fraction of sp³-hybridized carbons (Fsp3) is 0.360. The molecule has 1 amide bonds. The third-order valence-corrected chi connectivity index (χ3v) is 8.72. The summed E-state index contributed by atoms with van der Waals surface area (Å²) >= 11 is 1.65. The summed E-state index contributed by atoms with van der Waals surface area (Å²) in [6.07, 6.45) is 1.74. The number of sulfonamides is 1. The van der Waals surface area contributed by atoms with Gasteiger partial charge in [0.15, 0.2) is 0 Å². The molecule has 2 heterocycles. The van der Waals surface area contributed by atoms with Crippen molar-refractivity contribution in [1.82, 2.24) is 19.5 Å². The van der Waals surface area contributed by atoms with Crippen LogP contribution in [0.15, 0.2) is 58.8 Å². The lowest BCUT2D eigenvalue weighted by Crippen LogP contribution is -2.48. The van der Waals surface area contributed by atoms with Gasteiger partial charge in [-0.25, -0.2) is 18.1 Å². The summed E-state index contributed by atoms with van der Waals surface area (Å²) in [5.41, 5.74) is 3.41. The average Bonchev–Trinajstić information content (AvgIpc) is 3.52. The molecule has 0 atom stereocenters. The summed E-state index contributed by atoms with van der Waals surface area (Å²) in [4.78, 5) is 22.3. The third kappa shape index (κ3) is 5.22. The molecule has 0 spiro atoms. The molecule has 1 saturated carbocycles. The number of carbonyl (C=O) groups is 1. The predicted octanol–water partition coefficient (Wildman–Crippen LogP) is 3.52. The summed E-state index contributed by atoms with van der Waals surface area (Å²) in [6.45, 7) is 5.32. The summed E-state index contributed by atoms with van der Waals surface area (Å²) in [6, 6.07) is 15.0. The molecular formula is C25H28N4O3S2. The van der Waals surface area contributed by atoms with E-state index in [0.29, 0.717) is 18.7 Å². The van der Waals surface area contributed by atoms with Gasteiger partial charge in [0.2, 0.25) is 10.0 Å². The van der Waals surface area contributed by atoms with E-state index in [9.17, 15) is 13.2 Å².